The Bertz CT molecular complexity index is 877. The number of amides is 1. The van der Waals surface area contributed by atoms with Gasteiger partial charge in [-0.25, -0.2) is 4.79 Å². The molecular weight excluding hydrogens is 468 g/mol. The predicted octanol–water partition coefficient (Wildman–Crippen LogP) is 6.04. The van der Waals surface area contributed by atoms with Crippen molar-refractivity contribution in [3.05, 3.63) is 29.1 Å². The molecule has 0 spiro atoms. The van der Waals surface area contributed by atoms with Gasteiger partial charge in [-0.1, -0.05) is 27.7 Å². The number of hydrogen-bond donors (Lipinski definition) is 1. The normalized spacial score (nSPS) is 19.7. The van der Waals surface area contributed by atoms with E-state index in [4.69, 9.17) is 19.2 Å². The number of nitrogens with zero attached hydrogens (tertiary/aromatic N) is 1. The first-order valence-electron chi connectivity index (χ1n) is 13.9. The summed E-state index contributed by atoms with van der Waals surface area (Å²) in [4.78, 5) is 30.1. The minimum atomic E-state index is -0.604. The highest BCUT2D eigenvalue weighted by Crippen LogP contribution is 2.33. The third-order valence-electron chi connectivity index (χ3n) is 7.11. The maximum Gasteiger partial charge on any atom is 0.408 e. The molecule has 0 aromatic carbocycles. The number of aromatic nitrogens is 1. The summed E-state index contributed by atoms with van der Waals surface area (Å²) in [6.07, 6.45) is 4.35. The molecule has 0 bridgehead atoms. The van der Waals surface area contributed by atoms with Crippen LogP contribution in [0.5, 0.6) is 0 Å². The number of nitrogens with one attached hydrogen (secondary N) is 1. The monoisotopic (exact) mass is 518 g/mol. The Hall–Kier alpha value is -2.15. The Kier molecular flexibility index (Phi) is 11.9. The van der Waals surface area contributed by atoms with Gasteiger partial charge in [0, 0.05) is 25.1 Å². The van der Waals surface area contributed by atoms with Gasteiger partial charge in [-0.2, -0.15) is 0 Å². The van der Waals surface area contributed by atoms with Crippen molar-refractivity contribution in [2.75, 3.05) is 13.7 Å². The summed E-state index contributed by atoms with van der Waals surface area (Å²) in [6, 6.07) is 4.07. The van der Waals surface area contributed by atoms with Crippen LogP contribution in [0.15, 0.2) is 12.1 Å². The minimum absolute atomic E-state index is 0.144. The minimum Gasteiger partial charge on any atom is -0.460 e. The number of esters is 1. The smallest absolute Gasteiger partial charge is 0.408 e. The lowest BCUT2D eigenvalue weighted by Gasteiger charge is -2.31. The molecule has 1 fully saturated rings. The van der Waals surface area contributed by atoms with Crippen molar-refractivity contribution in [2.24, 2.45) is 23.7 Å². The maximum atomic E-state index is 12.8. The molecule has 4 atom stereocenters. The van der Waals surface area contributed by atoms with Crippen molar-refractivity contribution in [1.82, 2.24) is 10.3 Å². The van der Waals surface area contributed by atoms with Crippen LogP contribution in [-0.2, 0) is 31.8 Å². The lowest BCUT2D eigenvalue weighted by molar-refractivity contribution is -0.146. The van der Waals surface area contributed by atoms with Gasteiger partial charge in [0.05, 0.1) is 12.0 Å². The van der Waals surface area contributed by atoms with Gasteiger partial charge in [-0.05, 0) is 102 Å². The van der Waals surface area contributed by atoms with E-state index in [1.807, 2.05) is 41.5 Å². The van der Waals surface area contributed by atoms with Crippen molar-refractivity contribution >= 4 is 12.1 Å². The number of pyridine rings is 1. The fourth-order valence-electron chi connectivity index (χ4n) is 5.02. The molecule has 0 aliphatic carbocycles. The number of cyclic esters (lactones) is 1. The average molecular weight is 519 g/mol. The Morgan fingerprint density at radius 2 is 1.89 bits per heavy atom. The molecule has 37 heavy (non-hydrogen) atoms. The van der Waals surface area contributed by atoms with Crippen LogP contribution in [0, 0.1) is 30.6 Å². The van der Waals surface area contributed by atoms with E-state index in [9.17, 15) is 9.59 Å². The van der Waals surface area contributed by atoms with Crippen molar-refractivity contribution in [2.45, 2.75) is 112 Å². The maximum absolute atomic E-state index is 12.8. The van der Waals surface area contributed by atoms with Crippen LogP contribution >= 0.6 is 0 Å². The molecule has 2 rings (SSSR count). The summed E-state index contributed by atoms with van der Waals surface area (Å²) in [5.41, 5.74) is 2.79. The second-order valence-corrected chi connectivity index (χ2v) is 12.3. The third-order valence-corrected chi connectivity index (χ3v) is 7.11. The van der Waals surface area contributed by atoms with Gasteiger partial charge in [0.1, 0.15) is 11.7 Å². The molecule has 1 amide bonds. The molecule has 1 aromatic rings. The first-order valence-corrected chi connectivity index (χ1v) is 13.9. The largest absolute Gasteiger partial charge is 0.460 e. The lowest BCUT2D eigenvalue weighted by Crippen LogP contribution is -2.47. The van der Waals surface area contributed by atoms with Crippen LogP contribution in [0.2, 0.25) is 0 Å². The van der Waals surface area contributed by atoms with Crippen molar-refractivity contribution in [3.8, 4) is 0 Å². The van der Waals surface area contributed by atoms with E-state index < -0.39 is 11.7 Å². The standard InChI is InChI=1S/C30H50N2O5/c1-19(2)23(15-22-14-21(5)31-24(16-22)12-10-11-13-35-9)17-26(32-29(34)37-30(6,7)8)27-18-25(20(3)4)28(33)36-27/h14,16,19-20,23,25-27H,10-13,15,17-18H2,1-9H3,(H,32,34). The van der Waals surface area contributed by atoms with Crippen LogP contribution in [0.4, 0.5) is 4.79 Å². The number of rotatable bonds is 13. The van der Waals surface area contributed by atoms with Crippen molar-refractivity contribution in [1.29, 1.82) is 0 Å². The summed E-state index contributed by atoms with van der Waals surface area (Å²) in [5.74, 6) is 0.538. The van der Waals surface area contributed by atoms with Gasteiger partial charge in [0.25, 0.3) is 0 Å². The zero-order chi connectivity index (χ0) is 27.8. The van der Waals surface area contributed by atoms with Gasteiger partial charge in [-0.3, -0.25) is 9.78 Å². The third kappa shape index (κ3) is 10.6. The summed E-state index contributed by atoms with van der Waals surface area (Å²) in [5, 5.41) is 3.07. The highest BCUT2D eigenvalue weighted by atomic mass is 16.6. The molecule has 7 heteroatoms. The molecular formula is C30H50N2O5. The summed E-state index contributed by atoms with van der Waals surface area (Å²) in [7, 11) is 1.73. The number of carbonyl (C=O) groups is 2. The first kappa shape index (κ1) is 31.1. The van der Waals surface area contributed by atoms with Crippen LogP contribution < -0.4 is 5.32 Å². The van der Waals surface area contributed by atoms with Gasteiger partial charge < -0.3 is 19.5 Å². The quantitative estimate of drug-likeness (QED) is 0.253. The average Bonchev–Trinajstić information content (AvgIpc) is 3.16. The number of methoxy groups -OCH3 is 1. The Labute approximate surface area is 224 Å². The topological polar surface area (TPSA) is 86.8 Å². The van der Waals surface area contributed by atoms with E-state index in [1.165, 1.54) is 5.56 Å². The Morgan fingerprint density at radius 3 is 2.46 bits per heavy atom. The van der Waals surface area contributed by atoms with E-state index in [1.54, 1.807) is 7.11 Å². The zero-order valence-corrected chi connectivity index (χ0v) is 24.6. The number of hydrogen-bond acceptors (Lipinski definition) is 6. The molecule has 1 aliphatic rings. The lowest BCUT2D eigenvalue weighted by atomic mass is 9.81. The number of unbranched alkanes of at least 4 members (excludes halogenated alkanes) is 1. The molecule has 1 saturated heterocycles. The second kappa shape index (κ2) is 14.1. The molecule has 210 valence electrons. The molecule has 7 nitrogen and oxygen atoms in total. The van der Waals surface area contributed by atoms with Crippen LogP contribution in [-0.4, -0.2) is 48.5 Å². The molecule has 1 aromatic heterocycles. The van der Waals surface area contributed by atoms with E-state index in [-0.39, 0.29) is 35.9 Å². The van der Waals surface area contributed by atoms with Gasteiger partial charge in [0.2, 0.25) is 0 Å². The predicted molar refractivity (Wildman–Crippen MR) is 146 cm³/mol. The van der Waals surface area contributed by atoms with Gasteiger partial charge in [-0.15, -0.1) is 0 Å². The van der Waals surface area contributed by atoms with E-state index >= 15 is 0 Å². The Balaban J connectivity index is 2.21. The molecule has 1 aliphatic heterocycles. The molecule has 2 heterocycles. The molecule has 4 unspecified atom stereocenters. The van der Waals surface area contributed by atoms with Crippen LogP contribution in [0.3, 0.4) is 0 Å². The Morgan fingerprint density at radius 1 is 1.19 bits per heavy atom. The fraction of sp³-hybridized carbons (Fsp3) is 0.767. The second-order valence-electron chi connectivity index (χ2n) is 12.3. The first-order chi connectivity index (χ1) is 17.3. The van der Waals surface area contributed by atoms with Crippen molar-refractivity contribution in [3.63, 3.8) is 0 Å². The number of alkyl carbamates (subject to hydrolysis) is 1. The summed E-state index contributed by atoms with van der Waals surface area (Å²) < 4.78 is 16.6. The number of ether oxygens (including phenoxy) is 3. The zero-order valence-electron chi connectivity index (χ0n) is 24.6. The van der Waals surface area contributed by atoms with Crippen LogP contribution in [0.1, 0.15) is 91.1 Å². The summed E-state index contributed by atoms with van der Waals surface area (Å²) in [6.45, 7) is 16.9. The van der Waals surface area contributed by atoms with E-state index in [0.717, 1.165) is 43.7 Å². The van der Waals surface area contributed by atoms with E-state index in [0.29, 0.717) is 18.8 Å². The molecule has 0 radical (unpaired) electrons. The van der Waals surface area contributed by atoms with Crippen molar-refractivity contribution < 1.29 is 23.8 Å². The van der Waals surface area contributed by atoms with E-state index in [2.05, 4.69) is 31.3 Å². The number of aryl methyl sites for hydroxylation is 2. The summed E-state index contributed by atoms with van der Waals surface area (Å²) >= 11 is 0. The SMILES string of the molecule is COCCCCc1cc(CC(CC(NC(=O)OC(C)(C)C)C2CC(C(C)C)C(=O)O2)C(C)C)cc(C)n1. The van der Waals surface area contributed by atoms with Gasteiger partial charge in [0.15, 0.2) is 0 Å². The fourth-order valence-corrected chi connectivity index (χ4v) is 5.02. The van der Waals surface area contributed by atoms with Crippen LogP contribution in [0.25, 0.3) is 0 Å². The highest BCUT2D eigenvalue weighted by Gasteiger charge is 2.42. The van der Waals surface area contributed by atoms with Gasteiger partial charge >= 0.3 is 12.1 Å². The highest BCUT2D eigenvalue weighted by molar-refractivity contribution is 5.75. The number of carbonyl (C=O) groups excluding carboxylic acids is 2. The molecule has 1 N–H and O–H groups in total. The molecule has 0 saturated carbocycles.